The van der Waals surface area contributed by atoms with E-state index in [0.717, 1.165) is 0 Å². The Morgan fingerprint density at radius 1 is 1.14 bits per heavy atom. The summed E-state index contributed by atoms with van der Waals surface area (Å²) in [6.07, 6.45) is -0.0828. The van der Waals surface area contributed by atoms with Crippen LogP contribution in [0.4, 0.5) is 0 Å². The molecule has 0 saturated heterocycles. The van der Waals surface area contributed by atoms with Crippen molar-refractivity contribution in [2.75, 3.05) is 0 Å². The summed E-state index contributed by atoms with van der Waals surface area (Å²) in [6, 6.07) is 6.39. The van der Waals surface area contributed by atoms with E-state index in [9.17, 15) is 14.4 Å². The maximum Gasteiger partial charge on any atom is 0.336 e. The van der Waals surface area contributed by atoms with Crippen LogP contribution in [0.2, 0.25) is 0 Å². The molecule has 7 nitrogen and oxygen atoms in total. The number of carbonyl (C=O) groups is 2. The molecule has 1 unspecified atom stereocenters. The highest BCUT2D eigenvalue weighted by Crippen LogP contribution is 2.47. The summed E-state index contributed by atoms with van der Waals surface area (Å²) in [5.41, 5.74) is -0.487. The molecule has 0 radical (unpaired) electrons. The first-order valence-electron chi connectivity index (χ1n) is 8.91. The number of hydrogen-bond donors (Lipinski definition) is 0. The molecule has 1 aromatic heterocycles. The highest BCUT2D eigenvalue weighted by atomic mass is 16.6. The minimum Gasteiger partial charge on any atom is -0.481 e. The van der Waals surface area contributed by atoms with Crippen molar-refractivity contribution >= 4 is 22.9 Å². The zero-order valence-corrected chi connectivity index (χ0v) is 16.4. The van der Waals surface area contributed by atoms with Crippen LogP contribution in [0.5, 0.6) is 5.75 Å². The Morgan fingerprint density at radius 3 is 2.46 bits per heavy atom. The molecule has 0 amide bonds. The van der Waals surface area contributed by atoms with Crippen LogP contribution >= 0.6 is 0 Å². The lowest BCUT2D eigenvalue weighted by molar-refractivity contribution is -0.173. The van der Waals surface area contributed by atoms with E-state index >= 15 is 0 Å². The fraction of sp³-hybridized carbons (Fsp3) is 0.381. The monoisotopic (exact) mass is 386 g/mol. The molecule has 3 rings (SSSR count). The summed E-state index contributed by atoms with van der Waals surface area (Å²) in [7, 11) is 0. The Kier molecular flexibility index (Phi) is 5.02. The average Bonchev–Trinajstić information content (AvgIpc) is 2.99. The standard InChI is InChI=1S/C21H22O7/c1-6-11(2)20(24)28-21(4,5)19-18(25-12(3)22)16-14(26-19)9-7-13-8-10-15(23)27-17(13)16/h6-10,18-19H,1-5H3/b11-6-/t18-,19?/m1/s1. The van der Waals surface area contributed by atoms with E-state index in [2.05, 4.69) is 0 Å². The lowest BCUT2D eigenvalue weighted by atomic mass is 9.93. The fourth-order valence-corrected chi connectivity index (χ4v) is 3.16. The summed E-state index contributed by atoms with van der Waals surface area (Å²) < 4.78 is 22.5. The van der Waals surface area contributed by atoms with Crippen LogP contribution in [0, 0.1) is 0 Å². The van der Waals surface area contributed by atoms with Gasteiger partial charge in [0, 0.05) is 23.9 Å². The molecule has 28 heavy (non-hydrogen) atoms. The van der Waals surface area contributed by atoms with Gasteiger partial charge in [0.05, 0.1) is 5.56 Å². The third kappa shape index (κ3) is 3.52. The molecule has 0 bridgehead atoms. The molecule has 1 aliphatic rings. The minimum absolute atomic E-state index is 0.283. The van der Waals surface area contributed by atoms with Crippen molar-refractivity contribution in [1.29, 1.82) is 0 Å². The van der Waals surface area contributed by atoms with E-state index < -0.39 is 35.4 Å². The van der Waals surface area contributed by atoms with Crippen molar-refractivity contribution in [2.24, 2.45) is 0 Å². The molecular formula is C21H22O7. The second kappa shape index (κ2) is 7.14. The summed E-state index contributed by atoms with van der Waals surface area (Å²) in [4.78, 5) is 35.8. The van der Waals surface area contributed by atoms with Crippen LogP contribution in [-0.4, -0.2) is 23.6 Å². The number of allylic oxidation sites excluding steroid dienone is 1. The molecule has 148 valence electrons. The molecule has 2 aromatic rings. The predicted octanol–water partition coefficient (Wildman–Crippen LogP) is 3.45. The molecule has 0 spiro atoms. The van der Waals surface area contributed by atoms with Gasteiger partial charge in [-0.3, -0.25) is 4.79 Å². The van der Waals surface area contributed by atoms with Gasteiger partial charge in [-0.15, -0.1) is 0 Å². The van der Waals surface area contributed by atoms with Gasteiger partial charge in [-0.2, -0.15) is 0 Å². The van der Waals surface area contributed by atoms with Crippen molar-refractivity contribution in [3.8, 4) is 5.75 Å². The Hall–Kier alpha value is -3.09. The van der Waals surface area contributed by atoms with Crippen LogP contribution in [0.25, 0.3) is 11.0 Å². The van der Waals surface area contributed by atoms with Gasteiger partial charge in [-0.05, 0) is 45.9 Å². The summed E-state index contributed by atoms with van der Waals surface area (Å²) in [5.74, 6) is -0.622. The normalized spacial score (nSPS) is 19.1. The van der Waals surface area contributed by atoms with Gasteiger partial charge in [-0.1, -0.05) is 6.08 Å². The van der Waals surface area contributed by atoms with E-state index in [1.54, 1.807) is 52.0 Å². The minimum atomic E-state index is -1.14. The van der Waals surface area contributed by atoms with Crippen LogP contribution in [0.1, 0.15) is 46.3 Å². The van der Waals surface area contributed by atoms with Gasteiger partial charge in [0.15, 0.2) is 12.2 Å². The quantitative estimate of drug-likeness (QED) is 0.451. The van der Waals surface area contributed by atoms with Crippen molar-refractivity contribution in [1.82, 2.24) is 0 Å². The molecule has 0 N–H and O–H groups in total. The second-order valence-electron chi connectivity index (χ2n) is 7.18. The Bertz CT molecular complexity index is 1030. The number of fused-ring (bicyclic) bond motifs is 3. The molecule has 2 atom stereocenters. The average molecular weight is 386 g/mol. The van der Waals surface area contributed by atoms with Gasteiger partial charge in [0.1, 0.15) is 16.9 Å². The molecule has 2 heterocycles. The summed E-state index contributed by atoms with van der Waals surface area (Å²) in [6.45, 7) is 8.02. The fourth-order valence-electron chi connectivity index (χ4n) is 3.16. The lowest BCUT2D eigenvalue weighted by Gasteiger charge is -2.33. The zero-order valence-electron chi connectivity index (χ0n) is 16.4. The van der Waals surface area contributed by atoms with Crippen molar-refractivity contribution < 1.29 is 28.2 Å². The van der Waals surface area contributed by atoms with Crippen LogP contribution in [0.3, 0.4) is 0 Å². The van der Waals surface area contributed by atoms with Crippen LogP contribution in [-0.2, 0) is 19.1 Å². The molecule has 7 heteroatoms. The van der Waals surface area contributed by atoms with E-state index in [1.165, 1.54) is 13.0 Å². The number of carbonyl (C=O) groups excluding carboxylic acids is 2. The smallest absolute Gasteiger partial charge is 0.336 e. The maximum absolute atomic E-state index is 12.3. The molecule has 0 saturated carbocycles. The predicted molar refractivity (Wildman–Crippen MR) is 101 cm³/mol. The summed E-state index contributed by atoms with van der Waals surface area (Å²) in [5, 5.41) is 0.666. The van der Waals surface area contributed by atoms with Gasteiger partial charge >= 0.3 is 17.6 Å². The van der Waals surface area contributed by atoms with E-state index in [4.69, 9.17) is 18.6 Å². The van der Waals surface area contributed by atoms with Gasteiger partial charge in [-0.25, -0.2) is 9.59 Å². The highest BCUT2D eigenvalue weighted by Gasteiger charge is 2.50. The Labute approximate surface area is 161 Å². The first-order chi connectivity index (χ1) is 13.1. The van der Waals surface area contributed by atoms with Crippen LogP contribution in [0.15, 0.2) is 45.1 Å². The molecule has 1 aromatic carbocycles. The van der Waals surface area contributed by atoms with Gasteiger partial charge < -0.3 is 18.6 Å². The SMILES string of the molecule is C/C=C(/C)C(=O)OC(C)(C)C1Oc2ccc3ccc(=O)oc3c2[C@H]1OC(C)=O. The number of benzene rings is 1. The largest absolute Gasteiger partial charge is 0.481 e. The number of hydrogen-bond acceptors (Lipinski definition) is 7. The summed E-state index contributed by atoms with van der Waals surface area (Å²) >= 11 is 0. The third-order valence-corrected chi connectivity index (χ3v) is 4.69. The maximum atomic E-state index is 12.3. The first kappa shape index (κ1) is 19.7. The van der Waals surface area contributed by atoms with Crippen molar-refractivity contribution in [2.45, 2.75) is 52.4 Å². The Balaban J connectivity index is 2.08. The molecule has 0 fully saturated rings. The lowest BCUT2D eigenvalue weighted by Crippen LogP contribution is -2.46. The molecule has 1 aliphatic heterocycles. The number of esters is 2. The second-order valence-corrected chi connectivity index (χ2v) is 7.18. The van der Waals surface area contributed by atoms with E-state index in [-0.39, 0.29) is 5.58 Å². The highest BCUT2D eigenvalue weighted by molar-refractivity contribution is 5.88. The zero-order chi connectivity index (χ0) is 20.6. The molecule has 0 aliphatic carbocycles. The number of ether oxygens (including phenoxy) is 3. The van der Waals surface area contributed by atoms with Gasteiger partial charge in [0.2, 0.25) is 0 Å². The topological polar surface area (TPSA) is 92.0 Å². The van der Waals surface area contributed by atoms with E-state index in [0.29, 0.717) is 22.3 Å². The third-order valence-electron chi connectivity index (χ3n) is 4.69. The van der Waals surface area contributed by atoms with Crippen LogP contribution < -0.4 is 10.4 Å². The van der Waals surface area contributed by atoms with Crippen molar-refractivity contribution in [3.63, 3.8) is 0 Å². The van der Waals surface area contributed by atoms with Gasteiger partial charge in [0.25, 0.3) is 0 Å². The van der Waals surface area contributed by atoms with Crippen molar-refractivity contribution in [3.05, 3.63) is 51.9 Å². The number of rotatable bonds is 4. The van der Waals surface area contributed by atoms with E-state index in [1.807, 2.05) is 0 Å². The Morgan fingerprint density at radius 2 is 1.82 bits per heavy atom. The molecular weight excluding hydrogens is 364 g/mol. The first-order valence-corrected chi connectivity index (χ1v) is 8.91.